The molecule has 1 amide bonds. The number of hydrogen-bond donors (Lipinski definition) is 2. The van der Waals surface area contributed by atoms with Crippen LogP contribution < -0.4 is 11.1 Å². The van der Waals surface area contributed by atoms with E-state index in [1.807, 2.05) is 0 Å². The Morgan fingerprint density at radius 1 is 1.86 bits per heavy atom. The van der Waals surface area contributed by atoms with E-state index in [2.05, 4.69) is 11.9 Å². The molecule has 0 rings (SSSR count). The summed E-state index contributed by atoms with van der Waals surface area (Å²) in [6.07, 6.45) is 1.57. The average molecular weight is 100 g/mol. The fourth-order valence-corrected chi connectivity index (χ4v) is 0.147. The molecule has 3 heteroatoms. The van der Waals surface area contributed by atoms with E-state index in [0.29, 0.717) is 6.41 Å². The minimum atomic E-state index is -0.405. The molecule has 40 valence electrons. The monoisotopic (exact) mass is 100 g/mol. The van der Waals surface area contributed by atoms with Gasteiger partial charge in [0.05, 0.1) is 6.17 Å². The lowest BCUT2D eigenvalue weighted by molar-refractivity contribution is -0.109. The van der Waals surface area contributed by atoms with Crippen LogP contribution in [0.3, 0.4) is 0 Å². The van der Waals surface area contributed by atoms with E-state index in [9.17, 15) is 4.79 Å². The van der Waals surface area contributed by atoms with Gasteiger partial charge in [-0.15, -0.1) is 0 Å². The van der Waals surface area contributed by atoms with Crippen molar-refractivity contribution in [3.05, 3.63) is 12.7 Å². The number of rotatable bonds is 3. The van der Waals surface area contributed by atoms with E-state index in [4.69, 9.17) is 5.73 Å². The van der Waals surface area contributed by atoms with Gasteiger partial charge in [0.15, 0.2) is 0 Å². The Labute approximate surface area is 42.2 Å². The summed E-state index contributed by atoms with van der Waals surface area (Å²) >= 11 is 0. The third-order valence-corrected chi connectivity index (χ3v) is 0.514. The van der Waals surface area contributed by atoms with Gasteiger partial charge in [0.2, 0.25) is 6.41 Å². The molecule has 3 N–H and O–H groups in total. The molecule has 1 atom stereocenters. The van der Waals surface area contributed by atoms with Gasteiger partial charge in [-0.05, 0) is 0 Å². The van der Waals surface area contributed by atoms with Crippen molar-refractivity contribution in [3.8, 4) is 0 Å². The van der Waals surface area contributed by atoms with Crippen LogP contribution in [0.25, 0.3) is 0 Å². The van der Waals surface area contributed by atoms with E-state index < -0.39 is 6.17 Å². The van der Waals surface area contributed by atoms with E-state index in [1.54, 1.807) is 0 Å². The molecule has 0 aliphatic heterocycles. The molecule has 0 fully saturated rings. The fraction of sp³-hybridized carbons (Fsp3) is 0.250. The van der Waals surface area contributed by atoms with Crippen LogP contribution in [-0.2, 0) is 4.79 Å². The molecule has 0 unspecified atom stereocenters. The molecule has 7 heavy (non-hydrogen) atoms. The maximum Gasteiger partial charge on any atom is 0.208 e. The zero-order chi connectivity index (χ0) is 5.70. The molecule has 0 saturated heterocycles. The molecule has 0 aromatic carbocycles. The maximum atomic E-state index is 9.54. The Morgan fingerprint density at radius 2 is 2.43 bits per heavy atom. The van der Waals surface area contributed by atoms with Crippen LogP contribution in [0.1, 0.15) is 0 Å². The van der Waals surface area contributed by atoms with Crippen molar-refractivity contribution in [1.82, 2.24) is 5.32 Å². The SMILES string of the molecule is C=C[C@@H](N)NC=O. The topological polar surface area (TPSA) is 55.1 Å². The molecule has 0 heterocycles. The van der Waals surface area contributed by atoms with Crippen molar-refractivity contribution in [2.24, 2.45) is 5.73 Å². The second-order valence-corrected chi connectivity index (χ2v) is 1.05. The van der Waals surface area contributed by atoms with Gasteiger partial charge in [0, 0.05) is 0 Å². The Morgan fingerprint density at radius 3 is 2.57 bits per heavy atom. The average Bonchev–Trinajstić information content (AvgIpc) is 1.68. The minimum absolute atomic E-state index is 0.405. The van der Waals surface area contributed by atoms with Gasteiger partial charge in [-0.1, -0.05) is 12.7 Å². The van der Waals surface area contributed by atoms with Gasteiger partial charge in [-0.25, -0.2) is 0 Å². The van der Waals surface area contributed by atoms with Gasteiger partial charge in [-0.2, -0.15) is 0 Å². The second-order valence-electron chi connectivity index (χ2n) is 1.05. The standard InChI is InChI=1S/C4H8N2O/c1-2-4(5)6-3-7/h2-4H,1,5H2,(H,6,7)/t4-/m0/s1. The molecule has 0 aromatic heterocycles. The summed E-state index contributed by atoms with van der Waals surface area (Å²) in [5.74, 6) is 0. The fourth-order valence-electron chi connectivity index (χ4n) is 0.147. The van der Waals surface area contributed by atoms with Crippen LogP contribution in [0.2, 0.25) is 0 Å². The quantitative estimate of drug-likeness (QED) is 0.277. The van der Waals surface area contributed by atoms with Gasteiger partial charge >= 0.3 is 0 Å². The summed E-state index contributed by atoms with van der Waals surface area (Å²) in [7, 11) is 0. The number of carbonyl (C=O) groups excluding carboxylic acids is 1. The van der Waals surface area contributed by atoms with Crippen LogP contribution in [0, 0.1) is 0 Å². The first-order chi connectivity index (χ1) is 3.31. The van der Waals surface area contributed by atoms with Crippen LogP contribution in [0.4, 0.5) is 0 Å². The number of nitrogens with two attached hydrogens (primary N) is 1. The van der Waals surface area contributed by atoms with Gasteiger partial charge in [0.1, 0.15) is 0 Å². The lowest BCUT2D eigenvalue weighted by atomic mass is 10.5. The number of amides is 1. The third-order valence-electron chi connectivity index (χ3n) is 0.514. The summed E-state index contributed by atoms with van der Waals surface area (Å²) in [6.45, 7) is 3.33. The zero-order valence-electron chi connectivity index (χ0n) is 3.92. The van der Waals surface area contributed by atoms with Gasteiger partial charge in [-0.3, -0.25) is 4.79 Å². The molecule has 0 aliphatic rings. The van der Waals surface area contributed by atoms with Crippen molar-refractivity contribution < 1.29 is 4.79 Å². The summed E-state index contributed by atoms with van der Waals surface area (Å²) in [5.41, 5.74) is 5.12. The highest BCUT2D eigenvalue weighted by molar-refractivity contribution is 5.46. The van der Waals surface area contributed by atoms with Crippen LogP contribution >= 0.6 is 0 Å². The zero-order valence-corrected chi connectivity index (χ0v) is 3.92. The highest BCUT2D eigenvalue weighted by Crippen LogP contribution is 1.63. The Hall–Kier alpha value is -0.830. The Bertz CT molecular complexity index is 72.1. The Kier molecular flexibility index (Phi) is 2.96. The smallest absolute Gasteiger partial charge is 0.208 e. The molecule has 0 radical (unpaired) electrons. The van der Waals surface area contributed by atoms with E-state index in [1.165, 1.54) is 6.08 Å². The van der Waals surface area contributed by atoms with Crippen molar-refractivity contribution >= 4 is 6.41 Å². The van der Waals surface area contributed by atoms with Crippen LogP contribution in [0.5, 0.6) is 0 Å². The van der Waals surface area contributed by atoms with Crippen molar-refractivity contribution in [3.63, 3.8) is 0 Å². The predicted octanol–water partition coefficient (Wildman–Crippen LogP) is -0.797. The summed E-state index contributed by atoms with van der Waals surface area (Å²) in [5, 5.41) is 2.27. The second kappa shape index (κ2) is 3.36. The lowest BCUT2D eigenvalue weighted by Crippen LogP contribution is -2.33. The Balaban J connectivity index is 3.15. The first-order valence-electron chi connectivity index (χ1n) is 1.89. The molecule has 0 aliphatic carbocycles. The summed E-state index contributed by atoms with van der Waals surface area (Å²) in [6, 6.07) is 0. The van der Waals surface area contributed by atoms with E-state index in [-0.39, 0.29) is 0 Å². The van der Waals surface area contributed by atoms with Gasteiger partial charge in [0.25, 0.3) is 0 Å². The number of carbonyl (C=O) groups is 1. The van der Waals surface area contributed by atoms with Gasteiger partial charge < -0.3 is 11.1 Å². The van der Waals surface area contributed by atoms with Crippen molar-refractivity contribution in [2.75, 3.05) is 0 Å². The van der Waals surface area contributed by atoms with Crippen LogP contribution in [0.15, 0.2) is 12.7 Å². The maximum absolute atomic E-state index is 9.54. The highest BCUT2D eigenvalue weighted by atomic mass is 16.1. The molecule has 0 bridgehead atoms. The molecule has 0 saturated carbocycles. The lowest BCUT2D eigenvalue weighted by Gasteiger charge is -1.99. The number of nitrogens with one attached hydrogen (secondary N) is 1. The number of hydrogen-bond acceptors (Lipinski definition) is 2. The normalized spacial score (nSPS) is 12.1. The summed E-state index contributed by atoms with van der Waals surface area (Å²) < 4.78 is 0. The first kappa shape index (κ1) is 6.17. The largest absolute Gasteiger partial charge is 0.340 e. The minimum Gasteiger partial charge on any atom is -0.340 e. The first-order valence-corrected chi connectivity index (χ1v) is 1.89. The predicted molar refractivity (Wildman–Crippen MR) is 27.4 cm³/mol. The summed E-state index contributed by atoms with van der Waals surface area (Å²) in [4.78, 5) is 9.54. The van der Waals surface area contributed by atoms with Crippen LogP contribution in [-0.4, -0.2) is 12.6 Å². The van der Waals surface area contributed by atoms with Crippen molar-refractivity contribution in [2.45, 2.75) is 6.17 Å². The van der Waals surface area contributed by atoms with E-state index >= 15 is 0 Å². The van der Waals surface area contributed by atoms with Crippen molar-refractivity contribution in [1.29, 1.82) is 0 Å². The molecular formula is C4H8N2O. The molecular weight excluding hydrogens is 92.1 g/mol. The molecule has 0 spiro atoms. The highest BCUT2D eigenvalue weighted by Gasteiger charge is 1.85. The molecule has 0 aromatic rings. The molecule has 3 nitrogen and oxygen atoms in total. The third kappa shape index (κ3) is 2.99. The van der Waals surface area contributed by atoms with E-state index in [0.717, 1.165) is 0 Å².